The number of nitrogens with one attached hydrogen (secondary N) is 1. The molecule has 1 aromatic carbocycles. The van der Waals surface area contributed by atoms with Gasteiger partial charge in [-0.25, -0.2) is 8.78 Å². The first kappa shape index (κ1) is 22.7. The lowest BCUT2D eigenvalue weighted by Crippen LogP contribution is -2.53. The predicted molar refractivity (Wildman–Crippen MR) is 115 cm³/mol. The number of amides is 1. The highest BCUT2D eigenvalue weighted by Gasteiger charge is 2.26. The van der Waals surface area contributed by atoms with Crippen molar-refractivity contribution in [2.75, 3.05) is 53.4 Å². The zero-order valence-corrected chi connectivity index (χ0v) is 18.1. The highest BCUT2D eigenvalue weighted by molar-refractivity contribution is 5.91. The van der Waals surface area contributed by atoms with Gasteiger partial charge in [-0.3, -0.25) is 9.79 Å². The van der Waals surface area contributed by atoms with E-state index < -0.39 is 17.7 Å². The van der Waals surface area contributed by atoms with Gasteiger partial charge in [-0.05, 0) is 45.3 Å². The topological polar surface area (TPSA) is 64.3 Å². The summed E-state index contributed by atoms with van der Waals surface area (Å²) in [6.07, 6.45) is 1.49. The van der Waals surface area contributed by atoms with Crippen molar-refractivity contribution in [2.45, 2.75) is 13.0 Å². The van der Waals surface area contributed by atoms with E-state index in [2.05, 4.69) is 15.2 Å². The van der Waals surface area contributed by atoms with Crippen LogP contribution in [0.25, 0.3) is 0 Å². The molecule has 1 atom stereocenters. The maximum Gasteiger partial charge on any atom is 0.289 e. The Hall–Kier alpha value is -2.94. The summed E-state index contributed by atoms with van der Waals surface area (Å²) in [7, 11) is 3.55. The zero-order valence-electron chi connectivity index (χ0n) is 18.1. The molecule has 9 heteroatoms. The lowest BCUT2D eigenvalue weighted by atomic mass is 10.0. The van der Waals surface area contributed by atoms with Crippen molar-refractivity contribution >= 4 is 11.9 Å². The Balaban J connectivity index is 1.70. The standard InChI is InChI=1S/C22H29F2N5O2/c1-4-25-22(26-15-18(27(2)3)20-16(23)7-5-8-17(20)24)29-12-10-28(11-13-29)21(30)19-9-6-14-31-19/h5-9,14,18H,4,10-13,15H2,1-3H3,(H,25,26). The fourth-order valence-electron chi connectivity index (χ4n) is 3.62. The summed E-state index contributed by atoms with van der Waals surface area (Å²) in [6.45, 7) is 5.07. The summed E-state index contributed by atoms with van der Waals surface area (Å²) >= 11 is 0. The van der Waals surface area contributed by atoms with Gasteiger partial charge in [0.05, 0.1) is 18.8 Å². The van der Waals surface area contributed by atoms with E-state index in [1.807, 2.05) is 6.92 Å². The number of guanidine groups is 1. The molecule has 0 aliphatic carbocycles. The Morgan fingerprint density at radius 3 is 2.32 bits per heavy atom. The molecule has 1 aromatic heterocycles. The van der Waals surface area contributed by atoms with Crippen molar-refractivity contribution in [3.05, 3.63) is 59.6 Å². The number of furan rings is 1. The number of carbonyl (C=O) groups excluding carboxylic acids is 1. The van der Waals surface area contributed by atoms with Gasteiger partial charge in [0.25, 0.3) is 5.91 Å². The van der Waals surface area contributed by atoms with Crippen LogP contribution < -0.4 is 5.32 Å². The van der Waals surface area contributed by atoms with Crippen molar-refractivity contribution in [3.8, 4) is 0 Å². The van der Waals surface area contributed by atoms with Crippen LogP contribution in [-0.2, 0) is 0 Å². The van der Waals surface area contributed by atoms with E-state index in [1.54, 1.807) is 36.0 Å². The molecule has 0 radical (unpaired) electrons. The second-order valence-electron chi connectivity index (χ2n) is 7.57. The molecule has 1 aliphatic rings. The minimum atomic E-state index is -0.580. The van der Waals surface area contributed by atoms with E-state index in [0.29, 0.717) is 44.4 Å². The molecular weight excluding hydrogens is 404 g/mol. The van der Waals surface area contributed by atoms with Gasteiger partial charge in [-0.1, -0.05) is 6.07 Å². The Morgan fingerprint density at radius 2 is 1.77 bits per heavy atom. The minimum absolute atomic E-state index is 0.0148. The molecule has 0 saturated carbocycles. The molecule has 168 valence electrons. The first-order valence-corrected chi connectivity index (χ1v) is 10.4. The zero-order chi connectivity index (χ0) is 22.4. The minimum Gasteiger partial charge on any atom is -0.459 e. The molecule has 0 bridgehead atoms. The maximum absolute atomic E-state index is 14.3. The van der Waals surface area contributed by atoms with Crippen molar-refractivity contribution in [2.24, 2.45) is 4.99 Å². The second kappa shape index (κ2) is 10.4. The van der Waals surface area contributed by atoms with Gasteiger partial charge in [-0.15, -0.1) is 0 Å². The van der Waals surface area contributed by atoms with Crippen molar-refractivity contribution in [1.29, 1.82) is 0 Å². The Bertz CT molecular complexity index is 873. The van der Waals surface area contributed by atoms with Gasteiger partial charge in [0.15, 0.2) is 11.7 Å². The molecule has 1 saturated heterocycles. The first-order valence-electron chi connectivity index (χ1n) is 10.4. The number of halogens is 2. The van der Waals surface area contributed by atoms with Crippen LogP contribution in [0.1, 0.15) is 29.1 Å². The Labute approximate surface area is 181 Å². The number of aliphatic imine (C=N–C) groups is 1. The van der Waals surface area contributed by atoms with Crippen LogP contribution in [0.5, 0.6) is 0 Å². The quantitative estimate of drug-likeness (QED) is 0.561. The van der Waals surface area contributed by atoms with Gasteiger partial charge < -0.3 is 24.4 Å². The largest absolute Gasteiger partial charge is 0.459 e. The van der Waals surface area contributed by atoms with E-state index in [-0.39, 0.29) is 18.0 Å². The number of benzene rings is 1. The fraction of sp³-hybridized carbons (Fsp3) is 0.455. The molecule has 2 aromatic rings. The molecule has 31 heavy (non-hydrogen) atoms. The van der Waals surface area contributed by atoms with Gasteiger partial charge >= 0.3 is 0 Å². The molecule has 1 unspecified atom stereocenters. The lowest BCUT2D eigenvalue weighted by Gasteiger charge is -2.36. The second-order valence-corrected chi connectivity index (χ2v) is 7.57. The summed E-state index contributed by atoms with van der Waals surface area (Å²) in [5.74, 6) is -0.298. The summed E-state index contributed by atoms with van der Waals surface area (Å²) < 4.78 is 33.9. The predicted octanol–water partition coefficient (Wildman–Crippen LogP) is 2.58. The van der Waals surface area contributed by atoms with E-state index in [0.717, 1.165) is 0 Å². The van der Waals surface area contributed by atoms with Crippen molar-refractivity contribution in [1.82, 2.24) is 20.0 Å². The molecule has 2 heterocycles. The van der Waals surface area contributed by atoms with Gasteiger partial charge in [0.1, 0.15) is 11.6 Å². The van der Waals surface area contributed by atoms with Crippen molar-refractivity contribution in [3.63, 3.8) is 0 Å². The molecule has 1 N–H and O–H groups in total. The number of nitrogens with zero attached hydrogens (tertiary/aromatic N) is 4. The molecular formula is C22H29F2N5O2. The molecule has 0 spiro atoms. The monoisotopic (exact) mass is 433 g/mol. The average molecular weight is 434 g/mol. The number of rotatable bonds is 6. The number of hydrogen-bond donors (Lipinski definition) is 1. The third-order valence-corrected chi connectivity index (χ3v) is 5.30. The fourth-order valence-corrected chi connectivity index (χ4v) is 3.62. The van der Waals surface area contributed by atoms with Gasteiger partial charge in [-0.2, -0.15) is 0 Å². The number of carbonyl (C=O) groups is 1. The maximum atomic E-state index is 14.3. The third-order valence-electron chi connectivity index (χ3n) is 5.30. The molecule has 3 rings (SSSR count). The SMILES string of the molecule is CCNC(=NCC(c1c(F)cccc1F)N(C)C)N1CCN(C(=O)c2ccco2)CC1. The lowest BCUT2D eigenvalue weighted by molar-refractivity contribution is 0.0657. The van der Waals surface area contributed by atoms with Gasteiger partial charge in [0, 0.05) is 38.3 Å². The third kappa shape index (κ3) is 5.41. The normalized spacial score (nSPS) is 16.0. The summed E-state index contributed by atoms with van der Waals surface area (Å²) in [4.78, 5) is 22.7. The van der Waals surface area contributed by atoms with Crippen LogP contribution >= 0.6 is 0 Å². The van der Waals surface area contributed by atoms with Crippen LogP contribution in [0.15, 0.2) is 46.0 Å². The number of likely N-dealkylation sites (N-methyl/N-ethyl adjacent to an activating group) is 1. The van der Waals surface area contributed by atoms with Crippen LogP contribution in [0.4, 0.5) is 8.78 Å². The van der Waals surface area contributed by atoms with E-state index in [9.17, 15) is 13.6 Å². The van der Waals surface area contributed by atoms with Crippen LogP contribution in [0.2, 0.25) is 0 Å². The Morgan fingerprint density at radius 1 is 1.13 bits per heavy atom. The molecule has 1 aliphatic heterocycles. The van der Waals surface area contributed by atoms with Crippen molar-refractivity contribution < 1.29 is 18.0 Å². The van der Waals surface area contributed by atoms with E-state index in [4.69, 9.17) is 4.42 Å². The number of hydrogen-bond acceptors (Lipinski definition) is 4. The smallest absolute Gasteiger partial charge is 0.289 e. The molecule has 7 nitrogen and oxygen atoms in total. The molecule has 1 amide bonds. The summed E-state index contributed by atoms with van der Waals surface area (Å²) in [5, 5.41) is 3.25. The van der Waals surface area contributed by atoms with Crippen LogP contribution in [-0.4, -0.2) is 79.9 Å². The number of piperazine rings is 1. The van der Waals surface area contributed by atoms with E-state index >= 15 is 0 Å². The first-order chi connectivity index (χ1) is 14.9. The average Bonchev–Trinajstić information content (AvgIpc) is 3.29. The summed E-state index contributed by atoms with van der Waals surface area (Å²) in [5.41, 5.74) is 0.0148. The highest BCUT2D eigenvalue weighted by atomic mass is 19.1. The van der Waals surface area contributed by atoms with Crippen LogP contribution in [0.3, 0.4) is 0 Å². The van der Waals surface area contributed by atoms with Crippen LogP contribution in [0, 0.1) is 11.6 Å². The Kier molecular flexibility index (Phi) is 7.62. The van der Waals surface area contributed by atoms with Gasteiger partial charge in [0.2, 0.25) is 0 Å². The molecule has 1 fully saturated rings. The summed E-state index contributed by atoms with van der Waals surface area (Å²) in [6, 6.07) is 6.69. The van der Waals surface area contributed by atoms with E-state index in [1.165, 1.54) is 24.5 Å². The highest BCUT2D eigenvalue weighted by Crippen LogP contribution is 2.25.